The summed E-state index contributed by atoms with van der Waals surface area (Å²) in [5, 5.41) is 12.3. The molecule has 14 heavy (non-hydrogen) atoms. The van der Waals surface area contributed by atoms with Crippen LogP contribution in [0.4, 0.5) is 0 Å². The molecule has 1 heterocycles. The van der Waals surface area contributed by atoms with Crippen molar-refractivity contribution in [3.8, 4) is 0 Å². The molecule has 0 aliphatic carbocycles. The average Bonchev–Trinajstić information content (AvgIpc) is 2.69. The molecule has 1 saturated heterocycles. The van der Waals surface area contributed by atoms with Crippen LogP contribution in [0, 0.1) is 12.1 Å². The fourth-order valence-corrected chi connectivity index (χ4v) is 1.91. The molecule has 1 atom stereocenters. The number of carboxylic acid groups (broad SMARTS) is 1. The molecule has 0 aromatic heterocycles. The van der Waals surface area contributed by atoms with Gasteiger partial charge in [0.2, 0.25) is 0 Å². The summed E-state index contributed by atoms with van der Waals surface area (Å²) >= 11 is 0. The first-order chi connectivity index (χ1) is 6.76. The number of hydrogen-bond acceptors (Lipinski definition) is 2. The number of carbonyl (C=O) groups is 1. The summed E-state index contributed by atoms with van der Waals surface area (Å²) in [4.78, 5) is 11.2. The van der Waals surface area contributed by atoms with Crippen molar-refractivity contribution in [2.45, 2.75) is 18.4 Å². The smallest absolute Gasteiger partial charge is 0.328 e. The van der Waals surface area contributed by atoms with E-state index in [1.165, 1.54) is 0 Å². The zero-order chi connectivity index (χ0) is 10.0. The van der Waals surface area contributed by atoms with Crippen LogP contribution in [-0.2, 0) is 10.3 Å². The van der Waals surface area contributed by atoms with Crippen LogP contribution in [0.15, 0.2) is 18.2 Å². The second kappa shape index (κ2) is 3.32. The minimum atomic E-state index is -0.897. The Bertz CT molecular complexity index is 328. The molecule has 1 aromatic carbocycles. The highest BCUT2D eigenvalue weighted by Gasteiger charge is 2.42. The minimum Gasteiger partial charge on any atom is -0.480 e. The minimum absolute atomic E-state index is 0.639. The molecule has 1 aliphatic rings. The molecule has 72 valence electrons. The number of carboxylic acids is 1. The van der Waals surface area contributed by atoms with E-state index in [-0.39, 0.29) is 0 Å². The molecule has 1 aromatic rings. The van der Waals surface area contributed by atoms with Crippen LogP contribution in [0.3, 0.4) is 0 Å². The van der Waals surface area contributed by atoms with Crippen molar-refractivity contribution in [2.24, 2.45) is 0 Å². The summed E-state index contributed by atoms with van der Waals surface area (Å²) in [5.41, 5.74) is -0.132. The largest absolute Gasteiger partial charge is 0.480 e. The predicted molar refractivity (Wildman–Crippen MR) is 50.7 cm³/mol. The first-order valence-electron chi connectivity index (χ1n) is 4.62. The van der Waals surface area contributed by atoms with Gasteiger partial charge in [-0.3, -0.25) is 5.32 Å². The van der Waals surface area contributed by atoms with E-state index in [1.807, 2.05) is 0 Å². The van der Waals surface area contributed by atoms with Crippen LogP contribution >= 0.6 is 0 Å². The lowest BCUT2D eigenvalue weighted by atomic mass is 9.89. The van der Waals surface area contributed by atoms with E-state index in [1.54, 1.807) is 18.2 Å². The van der Waals surface area contributed by atoms with E-state index in [0.29, 0.717) is 6.42 Å². The topological polar surface area (TPSA) is 49.3 Å². The maximum Gasteiger partial charge on any atom is 0.328 e. The Labute approximate surface area is 82.8 Å². The van der Waals surface area contributed by atoms with E-state index in [9.17, 15) is 9.90 Å². The van der Waals surface area contributed by atoms with Gasteiger partial charge in [0.15, 0.2) is 0 Å². The summed E-state index contributed by atoms with van der Waals surface area (Å²) in [5.74, 6) is -0.811. The van der Waals surface area contributed by atoms with E-state index in [4.69, 9.17) is 0 Å². The summed E-state index contributed by atoms with van der Waals surface area (Å²) in [6.45, 7) is 0.755. The van der Waals surface area contributed by atoms with Crippen molar-refractivity contribution in [2.75, 3.05) is 6.54 Å². The lowest BCUT2D eigenvalue weighted by Crippen LogP contribution is -2.44. The van der Waals surface area contributed by atoms with Gasteiger partial charge in [0.1, 0.15) is 5.54 Å². The summed E-state index contributed by atoms with van der Waals surface area (Å²) in [6.07, 6.45) is 1.53. The van der Waals surface area contributed by atoms with Crippen molar-refractivity contribution in [1.29, 1.82) is 0 Å². The molecule has 0 unspecified atom stereocenters. The van der Waals surface area contributed by atoms with E-state index in [0.717, 1.165) is 18.5 Å². The van der Waals surface area contributed by atoms with Gasteiger partial charge in [0.05, 0.1) is 0 Å². The molecule has 0 saturated carbocycles. The monoisotopic (exact) mass is 189 g/mol. The number of hydrogen-bond donors (Lipinski definition) is 2. The number of rotatable bonds is 2. The fraction of sp³-hybridized carbons (Fsp3) is 0.364. The lowest BCUT2D eigenvalue weighted by molar-refractivity contribution is -0.144. The molecule has 1 aliphatic heterocycles. The second-order valence-electron chi connectivity index (χ2n) is 3.46. The third kappa shape index (κ3) is 1.24. The lowest BCUT2D eigenvalue weighted by Gasteiger charge is -2.24. The van der Waals surface area contributed by atoms with Crippen LogP contribution in [0.1, 0.15) is 18.4 Å². The van der Waals surface area contributed by atoms with Gasteiger partial charge in [-0.2, -0.15) is 0 Å². The Morgan fingerprint density at radius 2 is 2.43 bits per heavy atom. The summed E-state index contributed by atoms with van der Waals surface area (Å²) in [7, 11) is 0. The summed E-state index contributed by atoms with van der Waals surface area (Å²) < 4.78 is 0. The van der Waals surface area contributed by atoms with Crippen LogP contribution in [0.25, 0.3) is 0 Å². The molecule has 3 nitrogen and oxygen atoms in total. The van der Waals surface area contributed by atoms with Crippen LogP contribution in [0.5, 0.6) is 0 Å². The SMILES string of the molecule is O=C(O)[C@]1(c2cc#ccc2)CCCN1. The number of nitrogens with one attached hydrogen (secondary N) is 1. The Balaban J connectivity index is 2.42. The van der Waals surface area contributed by atoms with Crippen LogP contribution < -0.4 is 5.32 Å². The van der Waals surface area contributed by atoms with Gasteiger partial charge >= 0.3 is 5.97 Å². The van der Waals surface area contributed by atoms with Crippen molar-refractivity contribution < 1.29 is 9.90 Å². The Hall–Kier alpha value is -1.53. The molecule has 0 radical (unpaired) electrons. The van der Waals surface area contributed by atoms with Crippen molar-refractivity contribution in [3.63, 3.8) is 0 Å². The summed E-state index contributed by atoms with van der Waals surface area (Å²) in [6, 6.07) is 10.7. The van der Waals surface area contributed by atoms with E-state index in [2.05, 4.69) is 17.4 Å². The molecular weight excluding hydrogens is 178 g/mol. The Kier molecular flexibility index (Phi) is 2.14. The zero-order valence-electron chi connectivity index (χ0n) is 7.71. The highest BCUT2D eigenvalue weighted by atomic mass is 16.4. The quantitative estimate of drug-likeness (QED) is 0.728. The molecule has 2 rings (SSSR count). The predicted octanol–water partition coefficient (Wildman–Crippen LogP) is 0.950. The van der Waals surface area contributed by atoms with Crippen molar-refractivity contribution in [3.05, 3.63) is 35.9 Å². The van der Waals surface area contributed by atoms with Gasteiger partial charge in [-0.15, -0.1) is 0 Å². The van der Waals surface area contributed by atoms with Gasteiger partial charge in [-0.05, 0) is 43.1 Å². The third-order valence-corrected chi connectivity index (χ3v) is 2.67. The molecular formula is C11H11NO2. The van der Waals surface area contributed by atoms with Gasteiger partial charge in [0.25, 0.3) is 0 Å². The standard InChI is InChI=1S/C11H11NO2/c13-10(14)11(7-4-8-12-11)9-5-2-1-3-6-9/h2,5-6,12H,4,7-8H2,(H,13,14)/t11-/m1/s1. The number of aliphatic carboxylic acids is 1. The average molecular weight is 189 g/mol. The van der Waals surface area contributed by atoms with E-state index >= 15 is 0 Å². The highest BCUT2D eigenvalue weighted by molar-refractivity contribution is 5.81. The Morgan fingerprint density at radius 1 is 1.57 bits per heavy atom. The second-order valence-corrected chi connectivity index (χ2v) is 3.46. The van der Waals surface area contributed by atoms with E-state index < -0.39 is 11.5 Å². The fourth-order valence-electron chi connectivity index (χ4n) is 1.91. The van der Waals surface area contributed by atoms with Crippen molar-refractivity contribution in [1.82, 2.24) is 5.32 Å². The highest BCUT2D eigenvalue weighted by Crippen LogP contribution is 2.30. The maximum atomic E-state index is 11.2. The van der Waals surface area contributed by atoms with Gasteiger partial charge < -0.3 is 5.11 Å². The Morgan fingerprint density at radius 3 is 2.93 bits per heavy atom. The third-order valence-electron chi connectivity index (χ3n) is 2.67. The molecule has 1 fully saturated rings. The van der Waals surface area contributed by atoms with Crippen LogP contribution in [0.2, 0.25) is 0 Å². The maximum absolute atomic E-state index is 11.2. The first-order valence-corrected chi connectivity index (χ1v) is 4.62. The molecule has 0 spiro atoms. The zero-order valence-corrected chi connectivity index (χ0v) is 7.71. The molecule has 2 N–H and O–H groups in total. The normalized spacial score (nSPS) is 25.7. The molecule has 0 bridgehead atoms. The molecule has 3 heteroatoms. The van der Waals surface area contributed by atoms with Gasteiger partial charge in [-0.25, -0.2) is 4.79 Å². The molecule has 0 amide bonds. The van der Waals surface area contributed by atoms with Crippen molar-refractivity contribution >= 4 is 5.97 Å². The van der Waals surface area contributed by atoms with Crippen LogP contribution in [-0.4, -0.2) is 17.6 Å². The van der Waals surface area contributed by atoms with Gasteiger partial charge in [-0.1, -0.05) is 12.1 Å². The van der Waals surface area contributed by atoms with Gasteiger partial charge in [0, 0.05) is 0 Å². The first kappa shape index (κ1) is 9.04.